The molecule has 0 bridgehead atoms. The van der Waals surface area contributed by atoms with Gasteiger partial charge in [0.25, 0.3) is 0 Å². The van der Waals surface area contributed by atoms with E-state index in [0.717, 1.165) is 95.8 Å². The van der Waals surface area contributed by atoms with Crippen LogP contribution < -0.4 is 0 Å². The van der Waals surface area contributed by atoms with Crippen LogP contribution in [0.25, 0.3) is 0 Å². The molecule has 0 heterocycles. The number of phosphoric acid groups is 2. The molecule has 0 aliphatic rings. The standard InChI is InChI=1S/C79H154O17P2/c1-6-9-12-15-18-21-23-25-27-28-29-30-31-33-35-39-44-49-54-59-64-78(83)96-75(69-90-77(82)63-58-53-48-43-38-34-32-26-24-22-19-16-13-10-7-2)71-94-98(87,88)92-67-73(80)66-91-97(85,86)93-70-74(68-89-76(81)62-57-52-47-41-20-17-14-11-8-3)95-79(84)65-60-55-50-45-40-36-37-42-46-51-56-61-72(4)5/h72-75,80H,6-71H2,1-5H3,(H,85,86)(H,87,88)/t73-,74+,75+/m0/s1. The van der Waals surface area contributed by atoms with E-state index in [0.29, 0.717) is 25.7 Å². The Morgan fingerprint density at radius 3 is 0.694 bits per heavy atom. The number of rotatable bonds is 79. The third-order valence-corrected chi connectivity index (χ3v) is 20.4. The summed E-state index contributed by atoms with van der Waals surface area (Å²) >= 11 is 0. The molecular formula is C79H154O17P2. The Bertz CT molecular complexity index is 1870. The number of aliphatic hydroxyl groups excluding tert-OH is 1. The fourth-order valence-corrected chi connectivity index (χ4v) is 13.8. The molecule has 3 N–H and O–H groups in total. The largest absolute Gasteiger partial charge is 0.472 e. The molecule has 19 heteroatoms. The fourth-order valence-electron chi connectivity index (χ4n) is 12.2. The number of carbonyl (C=O) groups is 4. The van der Waals surface area contributed by atoms with Gasteiger partial charge in [0.15, 0.2) is 12.2 Å². The predicted octanol–water partition coefficient (Wildman–Crippen LogP) is 23.6. The third kappa shape index (κ3) is 72.4. The molecule has 582 valence electrons. The highest BCUT2D eigenvalue weighted by atomic mass is 31.2. The molecule has 0 saturated carbocycles. The van der Waals surface area contributed by atoms with Gasteiger partial charge < -0.3 is 33.8 Å². The van der Waals surface area contributed by atoms with Crippen LogP contribution >= 0.6 is 15.6 Å². The maximum absolute atomic E-state index is 13.1. The number of aliphatic hydroxyl groups is 1. The van der Waals surface area contributed by atoms with Crippen LogP contribution in [-0.2, 0) is 65.4 Å². The molecule has 0 spiro atoms. The van der Waals surface area contributed by atoms with Crippen molar-refractivity contribution in [2.75, 3.05) is 39.6 Å². The van der Waals surface area contributed by atoms with Crippen molar-refractivity contribution in [3.8, 4) is 0 Å². The summed E-state index contributed by atoms with van der Waals surface area (Å²) in [5, 5.41) is 10.6. The molecule has 0 fully saturated rings. The molecule has 0 amide bonds. The molecule has 2 unspecified atom stereocenters. The lowest BCUT2D eigenvalue weighted by atomic mass is 10.0. The lowest BCUT2D eigenvalue weighted by molar-refractivity contribution is -0.161. The lowest BCUT2D eigenvalue weighted by Crippen LogP contribution is -2.30. The Labute approximate surface area is 600 Å². The molecule has 0 rings (SSSR count). The maximum Gasteiger partial charge on any atom is 0.472 e. The highest BCUT2D eigenvalue weighted by Crippen LogP contribution is 2.45. The zero-order valence-electron chi connectivity index (χ0n) is 63.9. The van der Waals surface area contributed by atoms with E-state index in [1.807, 2.05) is 0 Å². The van der Waals surface area contributed by atoms with Crippen molar-refractivity contribution in [2.24, 2.45) is 5.92 Å². The second-order valence-corrected chi connectivity index (χ2v) is 31.8. The van der Waals surface area contributed by atoms with E-state index >= 15 is 0 Å². The lowest BCUT2D eigenvalue weighted by Gasteiger charge is -2.21. The minimum Gasteiger partial charge on any atom is -0.462 e. The molecule has 98 heavy (non-hydrogen) atoms. The summed E-state index contributed by atoms with van der Waals surface area (Å²) in [7, 11) is -9.91. The minimum absolute atomic E-state index is 0.107. The van der Waals surface area contributed by atoms with E-state index in [9.17, 15) is 43.2 Å². The van der Waals surface area contributed by atoms with Gasteiger partial charge in [-0.3, -0.25) is 37.3 Å². The zero-order valence-corrected chi connectivity index (χ0v) is 65.7. The molecule has 0 aliphatic carbocycles. The van der Waals surface area contributed by atoms with Crippen LogP contribution in [0.3, 0.4) is 0 Å². The monoisotopic (exact) mass is 1440 g/mol. The second-order valence-electron chi connectivity index (χ2n) is 28.9. The first-order valence-electron chi connectivity index (χ1n) is 41.1. The summed E-state index contributed by atoms with van der Waals surface area (Å²) in [6.07, 6.45) is 62.4. The van der Waals surface area contributed by atoms with Gasteiger partial charge >= 0.3 is 39.5 Å². The number of carbonyl (C=O) groups excluding carboxylic acids is 4. The molecule has 0 aromatic heterocycles. The van der Waals surface area contributed by atoms with Crippen molar-refractivity contribution in [3.63, 3.8) is 0 Å². The number of unbranched alkanes of at least 4 members (excludes halogenated alkanes) is 51. The number of esters is 4. The van der Waals surface area contributed by atoms with Crippen molar-refractivity contribution in [3.05, 3.63) is 0 Å². The van der Waals surface area contributed by atoms with Gasteiger partial charge in [0.2, 0.25) is 0 Å². The van der Waals surface area contributed by atoms with Crippen LogP contribution in [0.5, 0.6) is 0 Å². The summed E-state index contributed by atoms with van der Waals surface area (Å²) in [6.45, 7) is 7.30. The van der Waals surface area contributed by atoms with Gasteiger partial charge in [0, 0.05) is 25.7 Å². The smallest absolute Gasteiger partial charge is 0.462 e. The van der Waals surface area contributed by atoms with Gasteiger partial charge in [0.05, 0.1) is 26.4 Å². The Hall–Kier alpha value is -1.94. The van der Waals surface area contributed by atoms with Crippen molar-refractivity contribution in [1.29, 1.82) is 0 Å². The molecule has 0 aromatic rings. The number of hydrogen-bond acceptors (Lipinski definition) is 15. The molecule has 0 radical (unpaired) electrons. The van der Waals surface area contributed by atoms with Crippen LogP contribution in [0.15, 0.2) is 0 Å². The number of phosphoric ester groups is 2. The van der Waals surface area contributed by atoms with Gasteiger partial charge in [-0.05, 0) is 31.6 Å². The normalized spacial score (nSPS) is 13.9. The van der Waals surface area contributed by atoms with Crippen LogP contribution in [0, 0.1) is 5.92 Å². The van der Waals surface area contributed by atoms with Crippen molar-refractivity contribution in [1.82, 2.24) is 0 Å². The van der Waals surface area contributed by atoms with Gasteiger partial charge in [-0.1, -0.05) is 369 Å². The molecule has 0 aromatic carbocycles. The van der Waals surface area contributed by atoms with E-state index in [2.05, 4.69) is 34.6 Å². The summed E-state index contributed by atoms with van der Waals surface area (Å²) in [5.74, 6) is -1.34. The Balaban J connectivity index is 5.21. The van der Waals surface area contributed by atoms with E-state index in [-0.39, 0.29) is 25.7 Å². The average Bonchev–Trinajstić information content (AvgIpc) is 1.01. The summed E-state index contributed by atoms with van der Waals surface area (Å²) < 4.78 is 68.6. The Morgan fingerprint density at radius 2 is 0.469 bits per heavy atom. The highest BCUT2D eigenvalue weighted by molar-refractivity contribution is 7.47. The van der Waals surface area contributed by atoms with Gasteiger partial charge in [-0.2, -0.15) is 0 Å². The number of hydrogen-bond donors (Lipinski definition) is 3. The first-order valence-corrected chi connectivity index (χ1v) is 44.1. The van der Waals surface area contributed by atoms with Gasteiger partial charge in [-0.15, -0.1) is 0 Å². The molecule has 0 aliphatic heterocycles. The number of ether oxygens (including phenoxy) is 4. The van der Waals surface area contributed by atoms with Crippen LogP contribution in [0.2, 0.25) is 0 Å². The molecule has 0 saturated heterocycles. The van der Waals surface area contributed by atoms with Gasteiger partial charge in [-0.25, -0.2) is 9.13 Å². The topological polar surface area (TPSA) is 237 Å². The molecule has 17 nitrogen and oxygen atoms in total. The van der Waals surface area contributed by atoms with Crippen molar-refractivity contribution in [2.45, 2.75) is 438 Å². The third-order valence-electron chi connectivity index (χ3n) is 18.5. The fraction of sp³-hybridized carbons (Fsp3) is 0.949. The summed E-state index contributed by atoms with van der Waals surface area (Å²) in [4.78, 5) is 72.9. The maximum atomic E-state index is 13.1. The van der Waals surface area contributed by atoms with Crippen LogP contribution in [0.1, 0.15) is 420 Å². The Kier molecular flexibility index (Phi) is 70.6. The highest BCUT2D eigenvalue weighted by Gasteiger charge is 2.30. The minimum atomic E-state index is -4.96. The SMILES string of the molecule is CCCCCCCCCCCCCCCCCCCCCCC(=O)O[C@H](COC(=O)CCCCCCCCCCCCCCCCC)COP(=O)(O)OC[C@@H](O)COP(=O)(O)OC[C@@H](COC(=O)CCCCCCCCCCC)OC(=O)CCCCCCCCCCCCCC(C)C. The van der Waals surface area contributed by atoms with E-state index in [4.69, 9.17) is 37.0 Å². The van der Waals surface area contributed by atoms with E-state index in [1.165, 1.54) is 244 Å². The second kappa shape index (κ2) is 72.0. The van der Waals surface area contributed by atoms with Crippen molar-refractivity contribution < 1.29 is 80.2 Å². The Morgan fingerprint density at radius 1 is 0.276 bits per heavy atom. The van der Waals surface area contributed by atoms with E-state index in [1.54, 1.807) is 0 Å². The van der Waals surface area contributed by atoms with Crippen LogP contribution in [0.4, 0.5) is 0 Å². The summed E-state index contributed by atoms with van der Waals surface area (Å²) in [6, 6.07) is 0. The van der Waals surface area contributed by atoms with Crippen molar-refractivity contribution >= 4 is 39.5 Å². The van der Waals surface area contributed by atoms with Crippen LogP contribution in [-0.4, -0.2) is 96.7 Å². The first-order chi connectivity index (χ1) is 47.5. The predicted molar refractivity (Wildman–Crippen MR) is 400 cm³/mol. The quantitative estimate of drug-likeness (QED) is 0.0222. The van der Waals surface area contributed by atoms with Gasteiger partial charge in [0.1, 0.15) is 19.3 Å². The summed E-state index contributed by atoms with van der Waals surface area (Å²) in [5.41, 5.74) is 0. The first kappa shape index (κ1) is 96.1. The van der Waals surface area contributed by atoms with E-state index < -0.39 is 97.5 Å². The molecule has 5 atom stereocenters. The zero-order chi connectivity index (χ0) is 71.9. The molecular weight excluding hydrogens is 1280 g/mol. The average molecular weight is 1440 g/mol.